The summed E-state index contributed by atoms with van der Waals surface area (Å²) in [7, 11) is 1.68. The van der Waals surface area contributed by atoms with Crippen molar-refractivity contribution in [2.45, 2.75) is 6.92 Å². The fraction of sp³-hybridized carbons (Fsp3) is 0.250. The molecule has 0 radical (unpaired) electrons. The molecule has 0 bridgehead atoms. The zero-order valence-electron chi connectivity index (χ0n) is 11.2. The second-order valence-electron chi connectivity index (χ2n) is 4.30. The highest BCUT2D eigenvalue weighted by atomic mass is 16.5. The van der Waals surface area contributed by atoms with E-state index in [4.69, 9.17) is 14.6 Å². The number of hydrogen-bond acceptors (Lipinski definition) is 3. The Kier molecular flexibility index (Phi) is 4.42. The van der Waals surface area contributed by atoms with Gasteiger partial charge in [0.1, 0.15) is 18.1 Å². The first-order valence-electron chi connectivity index (χ1n) is 6.23. The summed E-state index contributed by atoms with van der Waals surface area (Å²) in [5.41, 5.74) is 3.30. The lowest BCUT2D eigenvalue weighted by Gasteiger charge is -2.10. The maximum Gasteiger partial charge on any atom is 0.126 e. The average molecular weight is 258 g/mol. The van der Waals surface area contributed by atoms with E-state index in [2.05, 4.69) is 12.1 Å². The molecule has 0 saturated carbocycles. The molecule has 0 aliphatic heterocycles. The first kappa shape index (κ1) is 13.4. The highest BCUT2D eigenvalue weighted by Crippen LogP contribution is 2.31. The summed E-state index contributed by atoms with van der Waals surface area (Å²) in [4.78, 5) is 0. The number of aliphatic hydroxyl groups is 1. The highest BCUT2D eigenvalue weighted by Gasteiger charge is 2.06. The van der Waals surface area contributed by atoms with E-state index in [0.29, 0.717) is 6.61 Å². The average Bonchev–Trinajstić information content (AvgIpc) is 2.45. The molecule has 0 unspecified atom stereocenters. The molecule has 0 atom stereocenters. The number of aliphatic hydroxyl groups excluding tert-OH is 1. The maximum absolute atomic E-state index is 8.71. The normalized spacial score (nSPS) is 10.3. The molecule has 19 heavy (non-hydrogen) atoms. The highest BCUT2D eigenvalue weighted by molar-refractivity contribution is 5.71. The van der Waals surface area contributed by atoms with Crippen LogP contribution in [0.1, 0.15) is 5.56 Å². The first-order valence-corrected chi connectivity index (χ1v) is 6.23. The van der Waals surface area contributed by atoms with Gasteiger partial charge in [-0.3, -0.25) is 0 Å². The molecule has 0 aliphatic rings. The number of rotatable bonds is 5. The van der Waals surface area contributed by atoms with Crippen molar-refractivity contribution in [2.75, 3.05) is 20.3 Å². The van der Waals surface area contributed by atoms with E-state index >= 15 is 0 Å². The Bertz CT molecular complexity index is 532. The number of methoxy groups -OCH3 is 1. The molecule has 3 nitrogen and oxygen atoms in total. The van der Waals surface area contributed by atoms with Gasteiger partial charge in [-0.2, -0.15) is 0 Å². The maximum atomic E-state index is 8.71. The lowest BCUT2D eigenvalue weighted by atomic mass is 10.0. The van der Waals surface area contributed by atoms with Crippen molar-refractivity contribution in [2.24, 2.45) is 0 Å². The molecule has 0 fully saturated rings. The molecule has 0 heterocycles. The first-order chi connectivity index (χ1) is 9.24. The van der Waals surface area contributed by atoms with E-state index in [1.54, 1.807) is 7.11 Å². The van der Waals surface area contributed by atoms with Crippen molar-refractivity contribution in [1.29, 1.82) is 0 Å². The standard InChI is InChI=1S/C16H18O3/c1-12-3-8-15(16(11-12)18-2)13-4-6-14(7-5-13)19-10-9-17/h3-8,11,17H,9-10H2,1-2H3. The minimum Gasteiger partial charge on any atom is -0.496 e. The number of hydrogen-bond donors (Lipinski definition) is 1. The molecule has 0 aromatic heterocycles. The van der Waals surface area contributed by atoms with E-state index in [1.165, 1.54) is 5.56 Å². The SMILES string of the molecule is COc1cc(C)ccc1-c1ccc(OCCO)cc1. The minimum atomic E-state index is 0.0214. The van der Waals surface area contributed by atoms with Gasteiger partial charge in [0.05, 0.1) is 13.7 Å². The van der Waals surface area contributed by atoms with Crippen molar-refractivity contribution in [3.05, 3.63) is 48.0 Å². The van der Waals surface area contributed by atoms with E-state index in [9.17, 15) is 0 Å². The lowest BCUT2D eigenvalue weighted by molar-refractivity contribution is 0.201. The molecule has 2 aromatic rings. The van der Waals surface area contributed by atoms with Gasteiger partial charge in [0.15, 0.2) is 0 Å². The summed E-state index contributed by atoms with van der Waals surface area (Å²) in [5, 5.41) is 8.71. The molecule has 0 saturated heterocycles. The molecular formula is C16H18O3. The van der Waals surface area contributed by atoms with Crippen LogP contribution in [0.15, 0.2) is 42.5 Å². The topological polar surface area (TPSA) is 38.7 Å². The zero-order valence-corrected chi connectivity index (χ0v) is 11.2. The third kappa shape index (κ3) is 3.26. The second-order valence-corrected chi connectivity index (χ2v) is 4.30. The van der Waals surface area contributed by atoms with E-state index in [1.807, 2.05) is 37.3 Å². The molecule has 2 rings (SSSR count). The monoisotopic (exact) mass is 258 g/mol. The quantitative estimate of drug-likeness (QED) is 0.896. The molecule has 3 heteroatoms. The van der Waals surface area contributed by atoms with Crippen LogP contribution < -0.4 is 9.47 Å². The Balaban J connectivity index is 2.26. The molecule has 0 aliphatic carbocycles. The van der Waals surface area contributed by atoms with Gasteiger partial charge in [0, 0.05) is 5.56 Å². The van der Waals surface area contributed by atoms with Gasteiger partial charge >= 0.3 is 0 Å². The van der Waals surface area contributed by atoms with Crippen LogP contribution in [0.25, 0.3) is 11.1 Å². The van der Waals surface area contributed by atoms with Gasteiger partial charge in [0.2, 0.25) is 0 Å². The summed E-state index contributed by atoms with van der Waals surface area (Å²) >= 11 is 0. The van der Waals surface area contributed by atoms with Crippen molar-refractivity contribution in [3.8, 4) is 22.6 Å². The van der Waals surface area contributed by atoms with Gasteiger partial charge in [0.25, 0.3) is 0 Å². The van der Waals surface area contributed by atoms with Gasteiger partial charge in [-0.15, -0.1) is 0 Å². The van der Waals surface area contributed by atoms with Crippen LogP contribution in [0.3, 0.4) is 0 Å². The summed E-state index contributed by atoms with van der Waals surface area (Å²) in [6, 6.07) is 13.9. The smallest absolute Gasteiger partial charge is 0.126 e. The van der Waals surface area contributed by atoms with Gasteiger partial charge in [-0.05, 0) is 36.2 Å². The van der Waals surface area contributed by atoms with Crippen molar-refractivity contribution in [3.63, 3.8) is 0 Å². The summed E-state index contributed by atoms with van der Waals surface area (Å²) in [6.45, 7) is 2.37. The number of ether oxygens (including phenoxy) is 2. The Labute approximate surface area is 113 Å². The molecule has 2 aromatic carbocycles. The third-order valence-electron chi connectivity index (χ3n) is 2.88. The summed E-state index contributed by atoms with van der Waals surface area (Å²) < 4.78 is 10.8. The molecule has 0 amide bonds. The second kappa shape index (κ2) is 6.25. The lowest BCUT2D eigenvalue weighted by Crippen LogP contribution is -2.01. The minimum absolute atomic E-state index is 0.0214. The van der Waals surface area contributed by atoms with Crippen molar-refractivity contribution < 1.29 is 14.6 Å². The summed E-state index contributed by atoms with van der Waals surface area (Å²) in [6.07, 6.45) is 0. The zero-order chi connectivity index (χ0) is 13.7. The third-order valence-corrected chi connectivity index (χ3v) is 2.88. The van der Waals surface area contributed by atoms with Crippen molar-refractivity contribution >= 4 is 0 Å². The summed E-state index contributed by atoms with van der Waals surface area (Å²) in [5.74, 6) is 1.62. The van der Waals surface area contributed by atoms with Crippen LogP contribution >= 0.6 is 0 Å². The van der Waals surface area contributed by atoms with E-state index < -0.39 is 0 Å². The largest absolute Gasteiger partial charge is 0.496 e. The predicted octanol–water partition coefficient (Wildman–Crippen LogP) is 3.04. The van der Waals surface area contributed by atoms with E-state index in [-0.39, 0.29) is 6.61 Å². The van der Waals surface area contributed by atoms with Gasteiger partial charge in [-0.25, -0.2) is 0 Å². The Morgan fingerprint density at radius 1 is 1.05 bits per heavy atom. The number of aryl methyl sites for hydroxylation is 1. The van der Waals surface area contributed by atoms with E-state index in [0.717, 1.165) is 22.6 Å². The molecular weight excluding hydrogens is 240 g/mol. The fourth-order valence-corrected chi connectivity index (χ4v) is 1.93. The van der Waals surface area contributed by atoms with Crippen molar-refractivity contribution in [1.82, 2.24) is 0 Å². The van der Waals surface area contributed by atoms with Gasteiger partial charge in [-0.1, -0.05) is 24.3 Å². The fourth-order valence-electron chi connectivity index (χ4n) is 1.93. The molecule has 100 valence electrons. The van der Waals surface area contributed by atoms with Crippen LogP contribution in [0.2, 0.25) is 0 Å². The Morgan fingerprint density at radius 2 is 1.79 bits per heavy atom. The number of benzene rings is 2. The van der Waals surface area contributed by atoms with Gasteiger partial charge < -0.3 is 14.6 Å². The molecule has 0 spiro atoms. The van der Waals surface area contributed by atoms with Crippen LogP contribution in [-0.2, 0) is 0 Å². The van der Waals surface area contributed by atoms with Crippen LogP contribution in [0.5, 0.6) is 11.5 Å². The van der Waals surface area contributed by atoms with Crippen LogP contribution in [0.4, 0.5) is 0 Å². The van der Waals surface area contributed by atoms with Crippen LogP contribution in [-0.4, -0.2) is 25.4 Å². The molecule has 1 N–H and O–H groups in total. The Morgan fingerprint density at radius 3 is 2.42 bits per heavy atom. The van der Waals surface area contributed by atoms with Crippen LogP contribution in [0, 0.1) is 6.92 Å². The predicted molar refractivity (Wildman–Crippen MR) is 75.7 cm³/mol. The Hall–Kier alpha value is -2.00.